The molecule has 0 saturated carbocycles. The summed E-state index contributed by atoms with van der Waals surface area (Å²) in [7, 11) is 0. The zero-order valence-electron chi connectivity index (χ0n) is 18.0. The highest BCUT2D eigenvalue weighted by molar-refractivity contribution is 6.17. The Labute approximate surface area is 184 Å². The Kier molecular flexibility index (Phi) is 5.95. The summed E-state index contributed by atoms with van der Waals surface area (Å²) >= 11 is 0. The topological polar surface area (TPSA) is 50.8 Å². The van der Waals surface area contributed by atoms with E-state index in [0.29, 0.717) is 19.1 Å². The molecule has 2 N–H and O–H groups in total. The van der Waals surface area contributed by atoms with Crippen LogP contribution in [0.1, 0.15) is 42.0 Å². The lowest BCUT2D eigenvalue weighted by molar-refractivity contribution is 0.370. The molecule has 0 aromatic heterocycles. The maximum absolute atomic E-state index is 6.19. The summed E-state index contributed by atoms with van der Waals surface area (Å²) in [5.41, 5.74) is 13.6. The van der Waals surface area contributed by atoms with Crippen LogP contribution in [0.2, 0.25) is 0 Å². The lowest BCUT2D eigenvalue weighted by Gasteiger charge is -2.31. The molecule has 0 radical (unpaired) electrons. The minimum absolute atomic E-state index is 0.235. The Morgan fingerprint density at radius 2 is 1.87 bits per heavy atom. The number of para-hydroxylation sites is 1. The average molecular weight is 410 g/mol. The first-order chi connectivity index (χ1) is 15.1. The number of aliphatic imine (C=N–C) groups is 1. The Bertz CT molecular complexity index is 1140. The standard InChI is InChI=1S/C27H27N3O/c1-4-15-31-23-13-14-26-24(16-23)27(21-11-9-20(10-12-21)19(2)3)29-18-30(26)17-22-7-5-6-8-25(22)28/h1,5-14,16,19H,15,17-18,28H2,2-3H3. The molecule has 4 heteroatoms. The van der Waals surface area contributed by atoms with E-state index in [-0.39, 0.29) is 6.61 Å². The van der Waals surface area contributed by atoms with Crippen LogP contribution in [-0.4, -0.2) is 19.0 Å². The van der Waals surface area contributed by atoms with Crippen molar-refractivity contribution in [2.24, 2.45) is 4.99 Å². The van der Waals surface area contributed by atoms with E-state index in [2.05, 4.69) is 61.1 Å². The molecule has 0 saturated heterocycles. The SMILES string of the molecule is C#CCOc1ccc2c(c1)C(c1ccc(C(C)C)cc1)=NCN2Cc1ccccc1N. The molecule has 156 valence electrons. The van der Waals surface area contributed by atoms with Gasteiger partial charge < -0.3 is 15.4 Å². The predicted molar refractivity (Wildman–Crippen MR) is 129 cm³/mol. The highest BCUT2D eigenvalue weighted by Gasteiger charge is 2.23. The number of terminal acetylenes is 1. The third kappa shape index (κ3) is 4.41. The molecule has 3 aromatic rings. The predicted octanol–water partition coefficient (Wildman–Crippen LogP) is 5.22. The normalized spacial score (nSPS) is 12.8. The van der Waals surface area contributed by atoms with Gasteiger partial charge in [0.1, 0.15) is 19.0 Å². The molecular formula is C27H27N3O. The van der Waals surface area contributed by atoms with Gasteiger partial charge in [-0.25, -0.2) is 0 Å². The third-order valence-corrected chi connectivity index (χ3v) is 5.55. The molecule has 1 heterocycles. The molecule has 1 aliphatic heterocycles. The summed E-state index contributed by atoms with van der Waals surface area (Å²) in [6.07, 6.45) is 5.37. The first-order valence-electron chi connectivity index (χ1n) is 10.5. The zero-order valence-corrected chi connectivity index (χ0v) is 18.0. The maximum atomic E-state index is 6.19. The van der Waals surface area contributed by atoms with E-state index < -0.39 is 0 Å². The molecule has 4 rings (SSSR count). The molecule has 0 amide bonds. The Balaban J connectivity index is 1.72. The number of hydrogen-bond acceptors (Lipinski definition) is 4. The second-order valence-corrected chi connectivity index (χ2v) is 7.99. The summed E-state index contributed by atoms with van der Waals surface area (Å²) in [5.74, 6) is 3.76. The van der Waals surface area contributed by atoms with Crippen molar-refractivity contribution in [2.45, 2.75) is 26.3 Å². The molecule has 0 unspecified atom stereocenters. The van der Waals surface area contributed by atoms with Crippen LogP contribution < -0.4 is 15.4 Å². The Hall–Kier alpha value is -3.71. The molecule has 0 spiro atoms. The van der Waals surface area contributed by atoms with Gasteiger partial charge in [-0.05, 0) is 41.3 Å². The van der Waals surface area contributed by atoms with E-state index >= 15 is 0 Å². The summed E-state index contributed by atoms with van der Waals surface area (Å²) in [5, 5.41) is 0. The van der Waals surface area contributed by atoms with Gasteiger partial charge in [0, 0.05) is 29.0 Å². The van der Waals surface area contributed by atoms with Crippen molar-refractivity contribution in [1.29, 1.82) is 0 Å². The van der Waals surface area contributed by atoms with E-state index in [1.807, 2.05) is 30.3 Å². The van der Waals surface area contributed by atoms with E-state index in [4.69, 9.17) is 21.9 Å². The van der Waals surface area contributed by atoms with Gasteiger partial charge in [-0.1, -0.05) is 62.2 Å². The molecule has 31 heavy (non-hydrogen) atoms. The van der Waals surface area contributed by atoms with Gasteiger partial charge in [-0.15, -0.1) is 6.42 Å². The van der Waals surface area contributed by atoms with Gasteiger partial charge in [0.25, 0.3) is 0 Å². The number of nitrogens with two attached hydrogens (primary N) is 1. The number of rotatable bonds is 6. The monoisotopic (exact) mass is 409 g/mol. The number of hydrogen-bond donors (Lipinski definition) is 1. The van der Waals surface area contributed by atoms with E-state index in [0.717, 1.165) is 39.5 Å². The number of ether oxygens (including phenoxy) is 1. The molecule has 0 fully saturated rings. The van der Waals surface area contributed by atoms with Crippen molar-refractivity contribution < 1.29 is 4.74 Å². The maximum Gasteiger partial charge on any atom is 0.148 e. The van der Waals surface area contributed by atoms with Crippen LogP contribution in [0.25, 0.3) is 0 Å². The fourth-order valence-electron chi connectivity index (χ4n) is 3.80. The second kappa shape index (κ2) is 8.97. The van der Waals surface area contributed by atoms with Crippen molar-refractivity contribution in [3.8, 4) is 18.1 Å². The quantitative estimate of drug-likeness (QED) is 0.449. The molecule has 4 nitrogen and oxygen atoms in total. The van der Waals surface area contributed by atoms with Gasteiger partial charge in [-0.3, -0.25) is 4.99 Å². The van der Waals surface area contributed by atoms with Crippen LogP contribution in [0, 0.1) is 12.3 Å². The third-order valence-electron chi connectivity index (χ3n) is 5.55. The fraction of sp³-hybridized carbons (Fsp3) is 0.222. The summed E-state index contributed by atoms with van der Waals surface area (Å²) in [6, 6.07) is 22.7. The van der Waals surface area contributed by atoms with E-state index in [1.54, 1.807) is 0 Å². The molecule has 3 aromatic carbocycles. The minimum atomic E-state index is 0.235. The van der Waals surface area contributed by atoms with Gasteiger partial charge >= 0.3 is 0 Å². The fourth-order valence-corrected chi connectivity index (χ4v) is 3.80. The molecule has 0 aliphatic carbocycles. The first kappa shape index (κ1) is 20.6. The van der Waals surface area contributed by atoms with Crippen molar-refractivity contribution in [2.75, 3.05) is 23.9 Å². The second-order valence-electron chi connectivity index (χ2n) is 7.99. The molecule has 0 atom stereocenters. The number of nitrogen functional groups attached to an aromatic ring is 1. The number of fused-ring (bicyclic) bond motifs is 1. The summed E-state index contributed by atoms with van der Waals surface area (Å²) in [4.78, 5) is 7.18. The van der Waals surface area contributed by atoms with Crippen LogP contribution in [0.5, 0.6) is 5.75 Å². The number of benzene rings is 3. The first-order valence-corrected chi connectivity index (χ1v) is 10.5. The highest BCUT2D eigenvalue weighted by atomic mass is 16.5. The van der Waals surface area contributed by atoms with E-state index in [1.165, 1.54) is 5.56 Å². The van der Waals surface area contributed by atoms with Crippen molar-refractivity contribution in [3.63, 3.8) is 0 Å². The minimum Gasteiger partial charge on any atom is -0.481 e. The Morgan fingerprint density at radius 1 is 1.10 bits per heavy atom. The van der Waals surface area contributed by atoms with Crippen LogP contribution in [0.15, 0.2) is 71.7 Å². The van der Waals surface area contributed by atoms with Crippen molar-refractivity contribution in [3.05, 3.63) is 89.0 Å². The van der Waals surface area contributed by atoms with Gasteiger partial charge in [-0.2, -0.15) is 0 Å². The number of nitrogens with zero attached hydrogens (tertiary/aromatic N) is 2. The average Bonchev–Trinajstić information content (AvgIpc) is 2.79. The summed E-state index contributed by atoms with van der Waals surface area (Å²) in [6.45, 7) is 5.88. The highest BCUT2D eigenvalue weighted by Crippen LogP contribution is 2.33. The van der Waals surface area contributed by atoms with Crippen molar-refractivity contribution in [1.82, 2.24) is 0 Å². The van der Waals surface area contributed by atoms with Crippen LogP contribution in [0.3, 0.4) is 0 Å². The molecular weight excluding hydrogens is 382 g/mol. The lowest BCUT2D eigenvalue weighted by atomic mass is 9.95. The van der Waals surface area contributed by atoms with E-state index in [9.17, 15) is 0 Å². The van der Waals surface area contributed by atoms with Gasteiger partial charge in [0.2, 0.25) is 0 Å². The molecule has 1 aliphatic rings. The Morgan fingerprint density at radius 3 is 2.58 bits per heavy atom. The van der Waals surface area contributed by atoms with Crippen LogP contribution in [0.4, 0.5) is 11.4 Å². The van der Waals surface area contributed by atoms with Gasteiger partial charge in [0.15, 0.2) is 0 Å². The van der Waals surface area contributed by atoms with Gasteiger partial charge in [0.05, 0.1) is 5.71 Å². The van der Waals surface area contributed by atoms with Crippen molar-refractivity contribution >= 4 is 17.1 Å². The number of anilines is 2. The zero-order chi connectivity index (χ0) is 21.8. The largest absolute Gasteiger partial charge is 0.481 e. The lowest BCUT2D eigenvalue weighted by Crippen LogP contribution is -2.30. The van der Waals surface area contributed by atoms with Crippen LogP contribution >= 0.6 is 0 Å². The molecule has 0 bridgehead atoms. The van der Waals surface area contributed by atoms with Crippen LogP contribution in [-0.2, 0) is 6.54 Å². The smallest absolute Gasteiger partial charge is 0.148 e. The summed E-state index contributed by atoms with van der Waals surface area (Å²) < 4.78 is 5.70.